The van der Waals surface area contributed by atoms with Crippen LogP contribution in [0.2, 0.25) is 5.02 Å². The van der Waals surface area contributed by atoms with E-state index >= 15 is 0 Å². The fourth-order valence-corrected chi connectivity index (χ4v) is 2.75. The first-order valence-corrected chi connectivity index (χ1v) is 8.30. The fraction of sp³-hybridized carbons (Fsp3) is 0.188. The maximum absolute atomic E-state index is 12.5. The highest BCUT2D eigenvalue weighted by Gasteiger charge is 2.34. The van der Waals surface area contributed by atoms with Crippen molar-refractivity contribution >= 4 is 50.9 Å². The molecule has 0 saturated heterocycles. The van der Waals surface area contributed by atoms with Crippen molar-refractivity contribution in [1.82, 2.24) is 4.98 Å². The molecule has 3 rings (SSSR count). The van der Waals surface area contributed by atoms with Gasteiger partial charge in [-0.3, -0.25) is 14.5 Å². The highest BCUT2D eigenvalue weighted by atomic mass is 79.9. The molecule has 1 atom stereocenters. The number of carbonyl (C=O) groups is 2. The van der Waals surface area contributed by atoms with Gasteiger partial charge in [-0.25, -0.2) is 4.98 Å². The lowest BCUT2D eigenvalue weighted by Crippen LogP contribution is -2.50. The number of amides is 2. The van der Waals surface area contributed by atoms with Crippen molar-refractivity contribution in [2.24, 2.45) is 0 Å². The van der Waals surface area contributed by atoms with E-state index in [0.717, 1.165) is 0 Å². The van der Waals surface area contributed by atoms with Crippen molar-refractivity contribution in [1.29, 1.82) is 0 Å². The van der Waals surface area contributed by atoms with E-state index in [4.69, 9.17) is 16.3 Å². The number of anilines is 2. The molecule has 0 fully saturated rings. The molecule has 1 aliphatic heterocycles. The van der Waals surface area contributed by atoms with E-state index in [0.29, 0.717) is 26.9 Å². The van der Waals surface area contributed by atoms with Gasteiger partial charge >= 0.3 is 0 Å². The van der Waals surface area contributed by atoms with Crippen LogP contribution in [-0.2, 0) is 9.59 Å². The third-order valence-corrected chi connectivity index (χ3v) is 4.23. The van der Waals surface area contributed by atoms with Gasteiger partial charge in [-0.1, -0.05) is 11.6 Å². The van der Waals surface area contributed by atoms with Gasteiger partial charge in [0, 0.05) is 10.7 Å². The van der Waals surface area contributed by atoms with Gasteiger partial charge in [0.15, 0.2) is 18.2 Å². The average Bonchev–Trinajstić information content (AvgIpc) is 2.56. The van der Waals surface area contributed by atoms with Crippen LogP contribution < -0.4 is 15.0 Å². The molecule has 0 spiro atoms. The van der Waals surface area contributed by atoms with Crippen LogP contribution >= 0.6 is 27.5 Å². The topological polar surface area (TPSA) is 71.5 Å². The second-order valence-corrected chi connectivity index (χ2v) is 6.43. The number of fused-ring (bicyclic) bond motifs is 1. The van der Waals surface area contributed by atoms with E-state index in [-0.39, 0.29) is 18.4 Å². The Morgan fingerprint density at radius 3 is 2.75 bits per heavy atom. The van der Waals surface area contributed by atoms with Gasteiger partial charge in [0.25, 0.3) is 5.91 Å². The van der Waals surface area contributed by atoms with Crippen LogP contribution in [-0.4, -0.2) is 29.4 Å². The van der Waals surface area contributed by atoms with E-state index < -0.39 is 6.04 Å². The number of halogens is 2. The second-order valence-electron chi connectivity index (χ2n) is 5.18. The van der Waals surface area contributed by atoms with E-state index in [1.807, 2.05) is 0 Å². The molecule has 1 unspecified atom stereocenters. The quantitative estimate of drug-likeness (QED) is 0.789. The minimum atomic E-state index is -0.752. The van der Waals surface area contributed by atoms with Gasteiger partial charge in [-0.05, 0) is 59.3 Å². The zero-order valence-electron chi connectivity index (χ0n) is 12.6. The highest BCUT2D eigenvalue weighted by Crippen LogP contribution is 2.33. The van der Waals surface area contributed by atoms with Crippen LogP contribution in [0.15, 0.2) is 41.0 Å². The Hall–Kier alpha value is -2.12. The number of hydrogen-bond acceptors (Lipinski definition) is 4. The summed E-state index contributed by atoms with van der Waals surface area (Å²) in [4.78, 5) is 30.4. The molecule has 2 amide bonds. The third kappa shape index (κ3) is 3.37. The molecule has 24 heavy (non-hydrogen) atoms. The molecule has 124 valence electrons. The monoisotopic (exact) mass is 409 g/mol. The van der Waals surface area contributed by atoms with Gasteiger partial charge in [0.05, 0.1) is 0 Å². The molecule has 0 saturated carbocycles. The van der Waals surface area contributed by atoms with Crippen molar-refractivity contribution in [3.63, 3.8) is 0 Å². The van der Waals surface area contributed by atoms with E-state index in [1.165, 1.54) is 4.90 Å². The summed E-state index contributed by atoms with van der Waals surface area (Å²) in [6.07, 6.45) is 0. The maximum Gasteiger partial charge on any atom is 0.266 e. The van der Waals surface area contributed by atoms with Gasteiger partial charge in [-0.15, -0.1) is 0 Å². The summed E-state index contributed by atoms with van der Waals surface area (Å²) in [5, 5.41) is 3.34. The standard InChI is InChI=1S/C16H13BrClN3O3/c1-9(16(23)19-11-4-2-10(18)3-5-11)21-14(22)8-24-12-6-7-13(17)20-15(12)21/h2-7,9H,8H2,1H3,(H,19,23). The van der Waals surface area contributed by atoms with Crippen LogP contribution in [0.5, 0.6) is 5.75 Å². The lowest BCUT2D eigenvalue weighted by Gasteiger charge is -2.32. The molecule has 1 aromatic heterocycles. The molecular weight excluding hydrogens is 398 g/mol. The number of carbonyl (C=O) groups excluding carboxylic acids is 2. The first kappa shape index (κ1) is 16.7. The van der Waals surface area contributed by atoms with Crippen molar-refractivity contribution in [3.8, 4) is 5.75 Å². The van der Waals surface area contributed by atoms with Gasteiger partial charge in [0.1, 0.15) is 10.6 Å². The Bertz CT molecular complexity index is 798. The summed E-state index contributed by atoms with van der Waals surface area (Å²) < 4.78 is 5.91. The number of nitrogens with zero attached hydrogens (tertiary/aromatic N) is 2. The number of nitrogens with one attached hydrogen (secondary N) is 1. The predicted octanol–water partition coefficient (Wildman–Crippen LogP) is 3.25. The summed E-state index contributed by atoms with van der Waals surface area (Å²) >= 11 is 9.10. The Balaban J connectivity index is 1.84. The molecule has 0 radical (unpaired) electrons. The first-order valence-electron chi connectivity index (χ1n) is 7.13. The Morgan fingerprint density at radius 2 is 2.04 bits per heavy atom. The number of pyridine rings is 1. The van der Waals surface area contributed by atoms with Gasteiger partial charge < -0.3 is 10.1 Å². The Kier molecular flexibility index (Phi) is 4.73. The maximum atomic E-state index is 12.5. The lowest BCUT2D eigenvalue weighted by molar-refractivity contribution is -0.125. The van der Waals surface area contributed by atoms with Crippen LogP contribution in [0.1, 0.15) is 6.92 Å². The number of hydrogen-bond donors (Lipinski definition) is 1. The normalized spacial score (nSPS) is 14.6. The Labute approximate surface area is 151 Å². The third-order valence-electron chi connectivity index (χ3n) is 3.53. The summed E-state index contributed by atoms with van der Waals surface area (Å²) in [5.41, 5.74) is 0.597. The summed E-state index contributed by atoms with van der Waals surface area (Å²) in [5.74, 6) is 0.121. The van der Waals surface area contributed by atoms with Gasteiger partial charge in [0.2, 0.25) is 5.91 Å². The second kappa shape index (κ2) is 6.78. The van der Waals surface area contributed by atoms with Crippen LogP contribution in [0.4, 0.5) is 11.5 Å². The van der Waals surface area contributed by atoms with Crippen LogP contribution in [0, 0.1) is 0 Å². The number of rotatable bonds is 3. The van der Waals surface area contributed by atoms with E-state index in [2.05, 4.69) is 26.2 Å². The lowest BCUT2D eigenvalue weighted by atomic mass is 10.2. The highest BCUT2D eigenvalue weighted by molar-refractivity contribution is 9.10. The fourth-order valence-electron chi connectivity index (χ4n) is 2.32. The average molecular weight is 411 g/mol. The van der Waals surface area contributed by atoms with Crippen molar-refractivity contribution < 1.29 is 14.3 Å². The van der Waals surface area contributed by atoms with Crippen LogP contribution in [0.25, 0.3) is 0 Å². The SMILES string of the molecule is CC(C(=O)Nc1ccc(Cl)cc1)N1C(=O)COc2ccc(Br)nc21. The molecule has 1 N–H and O–H groups in total. The van der Waals surface area contributed by atoms with Crippen molar-refractivity contribution in [2.75, 3.05) is 16.8 Å². The van der Waals surface area contributed by atoms with Crippen molar-refractivity contribution in [2.45, 2.75) is 13.0 Å². The number of benzene rings is 1. The first-order chi connectivity index (χ1) is 11.5. The van der Waals surface area contributed by atoms with Gasteiger partial charge in [-0.2, -0.15) is 0 Å². The molecule has 1 aromatic carbocycles. The van der Waals surface area contributed by atoms with E-state index in [9.17, 15) is 9.59 Å². The largest absolute Gasteiger partial charge is 0.480 e. The minimum absolute atomic E-state index is 0.130. The molecule has 6 nitrogen and oxygen atoms in total. The molecule has 1 aliphatic rings. The summed E-state index contributed by atoms with van der Waals surface area (Å²) in [6.45, 7) is 1.51. The summed E-state index contributed by atoms with van der Waals surface area (Å²) in [7, 11) is 0. The molecular formula is C16H13BrClN3O3. The van der Waals surface area contributed by atoms with E-state index in [1.54, 1.807) is 43.3 Å². The molecule has 2 aromatic rings. The minimum Gasteiger partial charge on any atom is -0.480 e. The molecule has 0 bridgehead atoms. The summed E-state index contributed by atoms with van der Waals surface area (Å²) in [6, 6.07) is 9.40. The molecule has 8 heteroatoms. The smallest absolute Gasteiger partial charge is 0.266 e. The Morgan fingerprint density at radius 1 is 1.33 bits per heavy atom. The molecule has 0 aliphatic carbocycles. The number of ether oxygens (including phenoxy) is 1. The predicted molar refractivity (Wildman–Crippen MR) is 94.5 cm³/mol. The van der Waals surface area contributed by atoms with Crippen LogP contribution in [0.3, 0.4) is 0 Å². The zero-order valence-corrected chi connectivity index (χ0v) is 15.0. The van der Waals surface area contributed by atoms with Crippen molar-refractivity contribution in [3.05, 3.63) is 46.0 Å². The number of aromatic nitrogens is 1. The molecule has 2 heterocycles. The zero-order chi connectivity index (χ0) is 17.3.